The highest BCUT2D eigenvalue weighted by Crippen LogP contribution is 2.36. The van der Waals surface area contributed by atoms with Crippen molar-refractivity contribution in [2.45, 2.75) is 39.0 Å². The summed E-state index contributed by atoms with van der Waals surface area (Å²) >= 11 is 0. The molecule has 0 saturated carbocycles. The van der Waals surface area contributed by atoms with Crippen molar-refractivity contribution >= 4 is 6.09 Å². The number of rotatable bonds is 5. The lowest BCUT2D eigenvalue weighted by molar-refractivity contribution is -0.143. The summed E-state index contributed by atoms with van der Waals surface area (Å²) in [7, 11) is 1.40. The Morgan fingerprint density at radius 2 is 2.05 bits per heavy atom. The first-order valence-electron chi connectivity index (χ1n) is 6.23. The van der Waals surface area contributed by atoms with Crippen molar-refractivity contribution in [3.05, 3.63) is 35.6 Å². The van der Waals surface area contributed by atoms with Crippen molar-refractivity contribution in [1.82, 2.24) is 4.90 Å². The Morgan fingerprint density at radius 3 is 2.42 bits per heavy atom. The van der Waals surface area contributed by atoms with Crippen LogP contribution >= 0.6 is 0 Å². The van der Waals surface area contributed by atoms with Crippen molar-refractivity contribution in [3.8, 4) is 0 Å². The zero-order valence-corrected chi connectivity index (χ0v) is 11.7. The number of ether oxygens (including phenoxy) is 1. The lowest BCUT2D eigenvalue weighted by Crippen LogP contribution is -2.53. The molecule has 1 unspecified atom stereocenters. The molecule has 0 aromatic heterocycles. The predicted molar refractivity (Wildman–Crippen MR) is 70.4 cm³/mol. The van der Waals surface area contributed by atoms with Gasteiger partial charge >= 0.3 is 6.09 Å². The van der Waals surface area contributed by atoms with Crippen LogP contribution in [0.2, 0.25) is 0 Å². The summed E-state index contributed by atoms with van der Waals surface area (Å²) in [6.07, 6.45) is -0.823. The van der Waals surface area contributed by atoms with Crippen LogP contribution in [0.25, 0.3) is 0 Å². The molecule has 0 heterocycles. The highest BCUT2D eigenvalue weighted by Gasteiger charge is 2.43. The molecule has 0 radical (unpaired) electrons. The maximum atomic E-state index is 14.0. The molecule has 1 aromatic rings. The summed E-state index contributed by atoms with van der Waals surface area (Å²) in [5.41, 5.74) is -1.08. The van der Waals surface area contributed by atoms with Gasteiger partial charge < -0.3 is 9.84 Å². The Bertz CT molecular complexity index is 444. The van der Waals surface area contributed by atoms with E-state index in [9.17, 15) is 14.3 Å². The molecule has 106 valence electrons. The summed E-state index contributed by atoms with van der Waals surface area (Å²) in [6, 6.07) is 5.76. The molecule has 1 N–H and O–H groups in total. The summed E-state index contributed by atoms with van der Waals surface area (Å²) in [5, 5.41) is 9.42. The number of benzene rings is 1. The van der Waals surface area contributed by atoms with Crippen LogP contribution in [0.3, 0.4) is 0 Å². The molecule has 19 heavy (non-hydrogen) atoms. The Morgan fingerprint density at radius 1 is 1.47 bits per heavy atom. The molecular formula is C14H20FNO3. The molecule has 0 fully saturated rings. The first-order chi connectivity index (χ1) is 8.90. The van der Waals surface area contributed by atoms with Crippen molar-refractivity contribution in [1.29, 1.82) is 0 Å². The average molecular weight is 269 g/mol. The van der Waals surface area contributed by atoms with E-state index in [0.717, 1.165) is 4.90 Å². The van der Waals surface area contributed by atoms with Crippen LogP contribution in [0.15, 0.2) is 24.3 Å². The molecule has 1 atom stereocenters. The van der Waals surface area contributed by atoms with E-state index in [-0.39, 0.29) is 11.6 Å². The van der Waals surface area contributed by atoms with Gasteiger partial charge in [0, 0.05) is 18.7 Å². The van der Waals surface area contributed by atoms with Crippen molar-refractivity contribution in [2.24, 2.45) is 0 Å². The highest BCUT2D eigenvalue weighted by molar-refractivity contribution is 5.66. The summed E-state index contributed by atoms with van der Waals surface area (Å²) < 4.78 is 19.5. The van der Waals surface area contributed by atoms with Gasteiger partial charge in [-0.1, -0.05) is 25.1 Å². The largest absolute Gasteiger partial charge is 0.465 e. The molecular weight excluding hydrogens is 249 g/mol. The third-order valence-corrected chi connectivity index (χ3v) is 3.22. The number of carboxylic acid groups (broad SMARTS) is 1. The predicted octanol–water partition coefficient (Wildman–Crippen LogP) is 3.42. The molecule has 1 amide bonds. The normalized spacial score (nSPS) is 14.2. The van der Waals surface area contributed by atoms with E-state index < -0.39 is 17.6 Å². The number of nitrogens with zero attached hydrogens (tertiary/aromatic N) is 1. The van der Waals surface area contributed by atoms with Crippen LogP contribution in [0.1, 0.15) is 32.8 Å². The van der Waals surface area contributed by atoms with E-state index in [4.69, 9.17) is 4.74 Å². The van der Waals surface area contributed by atoms with Gasteiger partial charge in [-0.15, -0.1) is 0 Å². The van der Waals surface area contributed by atoms with E-state index in [2.05, 4.69) is 0 Å². The quantitative estimate of drug-likeness (QED) is 0.833. The van der Waals surface area contributed by atoms with Gasteiger partial charge in [-0.25, -0.2) is 9.18 Å². The molecule has 0 spiro atoms. The molecule has 5 heteroatoms. The van der Waals surface area contributed by atoms with Gasteiger partial charge in [0.05, 0.1) is 0 Å². The summed E-state index contributed by atoms with van der Waals surface area (Å²) in [5.74, 6) is -0.474. The molecule has 1 rings (SSSR count). The van der Waals surface area contributed by atoms with E-state index in [0.29, 0.717) is 6.42 Å². The fraction of sp³-hybridized carbons (Fsp3) is 0.500. The van der Waals surface area contributed by atoms with Gasteiger partial charge in [0.25, 0.3) is 0 Å². The molecule has 0 aliphatic carbocycles. The van der Waals surface area contributed by atoms with Crippen molar-refractivity contribution in [2.75, 3.05) is 7.11 Å². The van der Waals surface area contributed by atoms with Gasteiger partial charge in [0.2, 0.25) is 0 Å². The number of methoxy groups -OCH3 is 1. The lowest BCUT2D eigenvalue weighted by Gasteiger charge is -2.43. The first-order valence-corrected chi connectivity index (χ1v) is 6.23. The number of amides is 1. The zero-order valence-electron chi connectivity index (χ0n) is 11.7. The van der Waals surface area contributed by atoms with Crippen LogP contribution in [0, 0.1) is 5.82 Å². The smallest absolute Gasteiger partial charge is 0.410 e. The van der Waals surface area contributed by atoms with Crippen LogP contribution in [0.5, 0.6) is 0 Å². The summed E-state index contributed by atoms with van der Waals surface area (Å²) in [6.45, 7) is 5.24. The summed E-state index contributed by atoms with van der Waals surface area (Å²) in [4.78, 5) is 12.7. The number of halogens is 1. The van der Waals surface area contributed by atoms with Crippen LogP contribution in [0.4, 0.5) is 9.18 Å². The maximum absolute atomic E-state index is 14.0. The SMILES string of the molecule is CCC(OC)(c1ccccc1F)N(C(=O)O)C(C)C. The minimum Gasteiger partial charge on any atom is -0.465 e. The van der Waals surface area contributed by atoms with E-state index >= 15 is 0 Å². The molecule has 0 aliphatic heterocycles. The van der Waals surface area contributed by atoms with Crippen LogP contribution < -0.4 is 0 Å². The molecule has 4 nitrogen and oxygen atoms in total. The van der Waals surface area contributed by atoms with Gasteiger partial charge in [0.1, 0.15) is 5.82 Å². The Labute approximate surface area is 112 Å². The number of carbonyl (C=O) groups is 1. The second kappa shape index (κ2) is 6.02. The Hall–Kier alpha value is -1.62. The van der Waals surface area contributed by atoms with Gasteiger partial charge in [-0.2, -0.15) is 0 Å². The van der Waals surface area contributed by atoms with Crippen molar-refractivity contribution < 1.29 is 19.0 Å². The minimum atomic E-state index is -1.31. The van der Waals surface area contributed by atoms with Crippen LogP contribution in [-0.4, -0.2) is 29.3 Å². The van der Waals surface area contributed by atoms with E-state index in [1.807, 2.05) is 0 Å². The van der Waals surface area contributed by atoms with E-state index in [1.165, 1.54) is 13.2 Å². The van der Waals surface area contributed by atoms with Crippen LogP contribution in [-0.2, 0) is 10.5 Å². The Balaban J connectivity index is 3.47. The molecule has 0 aliphatic rings. The van der Waals surface area contributed by atoms with Gasteiger partial charge in [0.15, 0.2) is 5.72 Å². The third kappa shape index (κ3) is 2.71. The molecule has 0 saturated heterocycles. The molecule has 1 aromatic carbocycles. The fourth-order valence-corrected chi connectivity index (χ4v) is 2.41. The maximum Gasteiger partial charge on any atom is 0.410 e. The average Bonchev–Trinajstić information content (AvgIpc) is 2.35. The second-order valence-corrected chi connectivity index (χ2v) is 4.57. The first kappa shape index (κ1) is 15.4. The standard InChI is InChI=1S/C14H20FNO3/c1-5-14(19-4,16(10(2)3)13(17)18)11-8-6-7-9-12(11)15/h6-10H,5H2,1-4H3,(H,17,18). The minimum absolute atomic E-state index is 0.232. The monoisotopic (exact) mass is 269 g/mol. The fourth-order valence-electron chi connectivity index (χ4n) is 2.41. The van der Waals surface area contributed by atoms with Gasteiger partial charge in [-0.05, 0) is 26.3 Å². The number of hydrogen-bond donors (Lipinski definition) is 1. The third-order valence-electron chi connectivity index (χ3n) is 3.22. The molecule has 0 bridgehead atoms. The van der Waals surface area contributed by atoms with Crippen molar-refractivity contribution in [3.63, 3.8) is 0 Å². The number of hydrogen-bond acceptors (Lipinski definition) is 2. The van der Waals surface area contributed by atoms with E-state index in [1.54, 1.807) is 39.0 Å². The zero-order chi connectivity index (χ0) is 14.6. The highest BCUT2D eigenvalue weighted by atomic mass is 19.1. The second-order valence-electron chi connectivity index (χ2n) is 4.57. The topological polar surface area (TPSA) is 49.8 Å². The lowest BCUT2D eigenvalue weighted by atomic mass is 9.96. The Kier molecular flexibility index (Phi) is 4.89. The van der Waals surface area contributed by atoms with Gasteiger partial charge in [-0.3, -0.25) is 4.90 Å².